The minimum Gasteiger partial charge on any atom is -0.377 e. The molecule has 0 radical (unpaired) electrons. The van der Waals surface area contributed by atoms with Gasteiger partial charge in [-0.2, -0.15) is 0 Å². The van der Waals surface area contributed by atoms with Gasteiger partial charge >= 0.3 is 0 Å². The molecule has 0 saturated carbocycles. The lowest BCUT2D eigenvalue weighted by Gasteiger charge is -2.19. The molecule has 4 nitrogen and oxygen atoms in total. The molecule has 15 heavy (non-hydrogen) atoms. The Labute approximate surface area is 93.0 Å². The first-order valence-electron chi connectivity index (χ1n) is 5.52. The van der Waals surface area contributed by atoms with Crippen molar-refractivity contribution >= 4 is 5.91 Å². The van der Waals surface area contributed by atoms with Crippen LogP contribution in [0.15, 0.2) is 0 Å². The molecule has 0 aliphatic heterocycles. The molecule has 0 fully saturated rings. The third-order valence-electron chi connectivity index (χ3n) is 1.97. The largest absolute Gasteiger partial charge is 0.377 e. The molecule has 0 aromatic carbocycles. The van der Waals surface area contributed by atoms with E-state index >= 15 is 0 Å². The van der Waals surface area contributed by atoms with Gasteiger partial charge in [-0.3, -0.25) is 4.79 Å². The van der Waals surface area contributed by atoms with Gasteiger partial charge in [0.1, 0.15) is 0 Å². The van der Waals surface area contributed by atoms with Gasteiger partial charge in [0, 0.05) is 19.6 Å². The van der Waals surface area contributed by atoms with Crippen LogP contribution in [0.2, 0.25) is 0 Å². The number of ether oxygens (including phenoxy) is 1. The molecule has 1 N–H and O–H groups in total. The molecular formula is C11H24N2O2. The number of carbonyl (C=O) groups excluding carboxylic acids is 1. The van der Waals surface area contributed by atoms with Crippen molar-refractivity contribution in [2.24, 2.45) is 0 Å². The lowest BCUT2D eigenvalue weighted by molar-refractivity contribution is -0.129. The summed E-state index contributed by atoms with van der Waals surface area (Å²) < 4.78 is 5.37. The van der Waals surface area contributed by atoms with Crippen molar-refractivity contribution in [3.8, 4) is 0 Å². The molecule has 0 aromatic rings. The third-order valence-corrected chi connectivity index (χ3v) is 1.97. The van der Waals surface area contributed by atoms with Crippen LogP contribution in [-0.2, 0) is 9.53 Å². The van der Waals surface area contributed by atoms with E-state index in [0.29, 0.717) is 25.7 Å². The van der Waals surface area contributed by atoms with Gasteiger partial charge in [-0.25, -0.2) is 0 Å². The topological polar surface area (TPSA) is 41.6 Å². The molecular weight excluding hydrogens is 192 g/mol. The first-order chi connectivity index (χ1) is 6.93. The average Bonchev–Trinajstić information content (AvgIpc) is 2.13. The maximum absolute atomic E-state index is 11.5. The van der Waals surface area contributed by atoms with E-state index in [-0.39, 0.29) is 12.0 Å². The second-order valence-electron chi connectivity index (χ2n) is 4.27. The van der Waals surface area contributed by atoms with E-state index in [1.54, 1.807) is 11.9 Å². The van der Waals surface area contributed by atoms with Gasteiger partial charge < -0.3 is 15.0 Å². The number of hydrogen-bond acceptors (Lipinski definition) is 3. The zero-order chi connectivity index (χ0) is 11.8. The monoisotopic (exact) mass is 216 g/mol. The van der Waals surface area contributed by atoms with E-state index in [2.05, 4.69) is 5.32 Å². The molecule has 90 valence electrons. The van der Waals surface area contributed by atoms with E-state index in [0.717, 1.165) is 0 Å². The number of hydrogen-bond donors (Lipinski definition) is 1. The fraction of sp³-hybridized carbons (Fsp3) is 0.909. The molecule has 0 unspecified atom stereocenters. The minimum atomic E-state index is 0.107. The van der Waals surface area contributed by atoms with E-state index in [1.807, 2.05) is 27.7 Å². The maximum atomic E-state index is 11.5. The Balaban J connectivity index is 3.60. The Hall–Kier alpha value is -0.610. The van der Waals surface area contributed by atoms with Crippen LogP contribution in [0.3, 0.4) is 0 Å². The highest BCUT2D eigenvalue weighted by Crippen LogP contribution is 1.90. The summed E-state index contributed by atoms with van der Waals surface area (Å²) in [6, 6.07) is 0.342. The molecule has 0 aliphatic carbocycles. The van der Waals surface area contributed by atoms with E-state index in [4.69, 9.17) is 4.74 Å². The summed E-state index contributed by atoms with van der Waals surface area (Å²) in [5.74, 6) is 0.107. The quantitative estimate of drug-likeness (QED) is 0.686. The van der Waals surface area contributed by atoms with E-state index in [9.17, 15) is 4.79 Å². The summed E-state index contributed by atoms with van der Waals surface area (Å²) in [4.78, 5) is 13.2. The van der Waals surface area contributed by atoms with Crippen LogP contribution in [0.25, 0.3) is 0 Å². The summed E-state index contributed by atoms with van der Waals surface area (Å²) in [7, 11) is 1.80. The zero-order valence-electron chi connectivity index (χ0n) is 10.5. The molecule has 4 heteroatoms. The second kappa shape index (κ2) is 7.65. The normalized spacial score (nSPS) is 11.1. The van der Waals surface area contributed by atoms with Crippen molar-refractivity contribution in [1.82, 2.24) is 10.2 Å². The van der Waals surface area contributed by atoms with Gasteiger partial charge in [0.15, 0.2) is 0 Å². The number of likely N-dealkylation sites (N-methyl/N-ethyl adjacent to an activating group) is 1. The lowest BCUT2D eigenvalue weighted by Crippen LogP contribution is -2.39. The van der Waals surface area contributed by atoms with Crippen molar-refractivity contribution in [2.75, 3.05) is 26.7 Å². The van der Waals surface area contributed by atoms with Crippen LogP contribution in [-0.4, -0.2) is 49.7 Å². The molecule has 0 bridgehead atoms. The Morgan fingerprint density at radius 3 is 2.40 bits per heavy atom. The van der Waals surface area contributed by atoms with Gasteiger partial charge in [0.25, 0.3) is 0 Å². The van der Waals surface area contributed by atoms with Gasteiger partial charge in [0.05, 0.1) is 19.3 Å². The Bertz CT molecular complexity index is 181. The van der Waals surface area contributed by atoms with Crippen molar-refractivity contribution in [3.63, 3.8) is 0 Å². The molecule has 0 spiro atoms. The fourth-order valence-corrected chi connectivity index (χ4v) is 0.976. The summed E-state index contributed by atoms with van der Waals surface area (Å²) in [6.45, 7) is 9.67. The summed E-state index contributed by atoms with van der Waals surface area (Å²) in [5.41, 5.74) is 0. The van der Waals surface area contributed by atoms with Crippen LogP contribution in [0.5, 0.6) is 0 Å². The number of nitrogens with zero attached hydrogens (tertiary/aromatic N) is 1. The molecule has 0 aliphatic rings. The van der Waals surface area contributed by atoms with Gasteiger partial charge in [-0.05, 0) is 13.8 Å². The molecule has 0 atom stereocenters. The third kappa shape index (κ3) is 8.39. The Morgan fingerprint density at radius 1 is 1.33 bits per heavy atom. The molecule has 0 heterocycles. The smallest absolute Gasteiger partial charge is 0.236 e. The molecule has 0 aromatic heterocycles. The van der Waals surface area contributed by atoms with Crippen molar-refractivity contribution < 1.29 is 9.53 Å². The highest BCUT2D eigenvalue weighted by atomic mass is 16.5. The minimum absolute atomic E-state index is 0.107. The van der Waals surface area contributed by atoms with Crippen LogP contribution < -0.4 is 5.32 Å². The van der Waals surface area contributed by atoms with Crippen molar-refractivity contribution in [3.05, 3.63) is 0 Å². The van der Waals surface area contributed by atoms with Crippen LogP contribution in [0.4, 0.5) is 0 Å². The first kappa shape index (κ1) is 14.4. The number of nitrogens with one attached hydrogen (secondary N) is 1. The molecule has 0 saturated heterocycles. The summed E-state index contributed by atoms with van der Waals surface area (Å²) in [5, 5.41) is 3.09. The highest BCUT2D eigenvalue weighted by molar-refractivity contribution is 5.77. The predicted octanol–water partition coefficient (Wildman–Crippen LogP) is 0.868. The van der Waals surface area contributed by atoms with Crippen molar-refractivity contribution in [2.45, 2.75) is 39.8 Å². The average molecular weight is 216 g/mol. The lowest BCUT2D eigenvalue weighted by atomic mass is 10.4. The molecule has 1 amide bonds. The van der Waals surface area contributed by atoms with Gasteiger partial charge in [-0.1, -0.05) is 13.8 Å². The number of amides is 1. The Kier molecular flexibility index (Phi) is 7.34. The van der Waals surface area contributed by atoms with Crippen LogP contribution in [0.1, 0.15) is 27.7 Å². The van der Waals surface area contributed by atoms with E-state index in [1.165, 1.54) is 0 Å². The van der Waals surface area contributed by atoms with Crippen molar-refractivity contribution in [1.29, 1.82) is 0 Å². The van der Waals surface area contributed by atoms with Gasteiger partial charge in [-0.15, -0.1) is 0 Å². The maximum Gasteiger partial charge on any atom is 0.236 e. The standard InChI is InChI=1S/C11H24N2O2/c1-9(2)12-8-11(14)13(5)6-7-15-10(3)4/h9-10,12H,6-8H2,1-5H3. The van der Waals surface area contributed by atoms with E-state index < -0.39 is 0 Å². The van der Waals surface area contributed by atoms with Crippen LogP contribution in [0, 0.1) is 0 Å². The second-order valence-corrected chi connectivity index (χ2v) is 4.27. The summed E-state index contributed by atoms with van der Waals surface area (Å²) in [6.07, 6.45) is 0.224. The zero-order valence-corrected chi connectivity index (χ0v) is 10.5. The molecule has 0 rings (SSSR count). The predicted molar refractivity (Wildman–Crippen MR) is 61.9 cm³/mol. The number of carbonyl (C=O) groups is 1. The first-order valence-corrected chi connectivity index (χ1v) is 5.52. The SMILES string of the molecule is CC(C)NCC(=O)N(C)CCOC(C)C. The van der Waals surface area contributed by atoms with Crippen LogP contribution >= 0.6 is 0 Å². The Morgan fingerprint density at radius 2 is 1.93 bits per heavy atom. The highest BCUT2D eigenvalue weighted by Gasteiger charge is 2.08. The fourth-order valence-electron chi connectivity index (χ4n) is 0.976. The number of rotatable bonds is 7. The van der Waals surface area contributed by atoms with Gasteiger partial charge in [0.2, 0.25) is 5.91 Å². The summed E-state index contributed by atoms with van der Waals surface area (Å²) >= 11 is 0.